The van der Waals surface area contributed by atoms with E-state index in [1.165, 1.54) is 6.07 Å². The van der Waals surface area contributed by atoms with Crippen LogP contribution >= 0.6 is 0 Å². The molecule has 0 aliphatic carbocycles. The molecule has 1 aromatic heterocycles. The highest BCUT2D eigenvalue weighted by Gasteiger charge is 2.36. The van der Waals surface area contributed by atoms with Gasteiger partial charge >= 0.3 is 0 Å². The predicted molar refractivity (Wildman–Crippen MR) is 124 cm³/mol. The molecule has 2 N–H and O–H groups in total. The van der Waals surface area contributed by atoms with E-state index in [1.54, 1.807) is 0 Å². The maximum Gasteiger partial charge on any atom is 0.257 e. The zero-order chi connectivity index (χ0) is 22.9. The standard InChI is InChI=1S/C24H33FN4O3/c1-4-16-14-17(32-13-12-30)15-19(25)20(16)24(2)7-10-29(11-8-24)23-26-21-18(22(31)27-23)6-5-9-28(21)3/h14-15,30H,4-13H2,1-3H3,(H,26,27,31). The molecule has 32 heavy (non-hydrogen) atoms. The Morgan fingerprint density at radius 1 is 1.28 bits per heavy atom. The highest BCUT2D eigenvalue weighted by Crippen LogP contribution is 2.40. The number of hydrogen-bond donors (Lipinski definition) is 2. The number of anilines is 2. The summed E-state index contributed by atoms with van der Waals surface area (Å²) >= 11 is 0. The van der Waals surface area contributed by atoms with Crippen molar-refractivity contribution in [1.82, 2.24) is 9.97 Å². The Hall–Kier alpha value is -2.61. The van der Waals surface area contributed by atoms with Gasteiger partial charge in [0, 0.05) is 32.7 Å². The van der Waals surface area contributed by atoms with Crippen LogP contribution in [-0.2, 0) is 18.3 Å². The molecule has 174 valence electrons. The number of nitrogens with zero attached hydrogens (tertiary/aromatic N) is 3. The molecule has 2 aromatic rings. The number of aromatic nitrogens is 2. The van der Waals surface area contributed by atoms with Crippen molar-refractivity contribution in [3.8, 4) is 5.75 Å². The minimum atomic E-state index is -0.313. The van der Waals surface area contributed by atoms with Crippen LogP contribution in [0, 0.1) is 5.82 Å². The summed E-state index contributed by atoms with van der Waals surface area (Å²) in [5.74, 6) is 1.59. The molecule has 0 unspecified atom stereocenters. The summed E-state index contributed by atoms with van der Waals surface area (Å²) in [5.41, 5.74) is 2.09. The molecule has 7 nitrogen and oxygen atoms in total. The van der Waals surface area contributed by atoms with Gasteiger partial charge in [0.25, 0.3) is 5.56 Å². The second-order valence-electron chi connectivity index (χ2n) is 9.13. The Balaban J connectivity index is 1.56. The van der Waals surface area contributed by atoms with Crippen molar-refractivity contribution in [3.05, 3.63) is 45.0 Å². The molecule has 0 saturated carbocycles. The molecule has 4 rings (SSSR count). The maximum atomic E-state index is 15.2. The number of aliphatic hydroxyl groups excluding tert-OH is 1. The van der Waals surface area contributed by atoms with Crippen LogP contribution in [0.2, 0.25) is 0 Å². The lowest BCUT2D eigenvalue weighted by atomic mass is 9.72. The van der Waals surface area contributed by atoms with Crippen LogP contribution in [0.4, 0.5) is 16.2 Å². The molecule has 1 aromatic carbocycles. The van der Waals surface area contributed by atoms with Crippen molar-refractivity contribution in [1.29, 1.82) is 0 Å². The Labute approximate surface area is 188 Å². The van der Waals surface area contributed by atoms with Gasteiger partial charge in [-0.15, -0.1) is 0 Å². The van der Waals surface area contributed by atoms with Gasteiger partial charge in [-0.1, -0.05) is 13.8 Å². The fourth-order valence-electron chi connectivity index (χ4n) is 5.06. The van der Waals surface area contributed by atoms with Crippen molar-refractivity contribution in [2.45, 2.75) is 51.4 Å². The second kappa shape index (κ2) is 9.10. The number of fused-ring (bicyclic) bond motifs is 1. The molecule has 0 radical (unpaired) electrons. The van der Waals surface area contributed by atoms with Crippen LogP contribution in [0.15, 0.2) is 16.9 Å². The molecule has 0 amide bonds. The quantitative estimate of drug-likeness (QED) is 0.713. The van der Waals surface area contributed by atoms with Crippen LogP contribution in [0.25, 0.3) is 0 Å². The van der Waals surface area contributed by atoms with Crippen LogP contribution in [0.1, 0.15) is 49.8 Å². The number of H-pyrrole nitrogens is 1. The maximum absolute atomic E-state index is 15.2. The van der Waals surface area contributed by atoms with Gasteiger partial charge in [0.2, 0.25) is 5.95 Å². The van der Waals surface area contributed by atoms with E-state index in [2.05, 4.69) is 21.7 Å². The van der Waals surface area contributed by atoms with Gasteiger partial charge in [-0.25, -0.2) is 4.39 Å². The Morgan fingerprint density at radius 3 is 2.72 bits per heavy atom. The van der Waals surface area contributed by atoms with E-state index in [4.69, 9.17) is 14.8 Å². The lowest BCUT2D eigenvalue weighted by Gasteiger charge is -2.41. The Morgan fingerprint density at radius 2 is 2.03 bits per heavy atom. The molecular weight excluding hydrogens is 411 g/mol. The number of halogens is 1. The summed E-state index contributed by atoms with van der Waals surface area (Å²) in [6.45, 7) is 6.46. The average molecular weight is 445 g/mol. The molecule has 2 aliphatic heterocycles. The third-order valence-corrected chi connectivity index (χ3v) is 6.92. The van der Waals surface area contributed by atoms with E-state index in [0.29, 0.717) is 31.2 Å². The van der Waals surface area contributed by atoms with E-state index in [9.17, 15) is 4.79 Å². The van der Waals surface area contributed by atoms with E-state index in [0.717, 1.165) is 54.7 Å². The number of ether oxygens (including phenoxy) is 1. The molecule has 0 bridgehead atoms. The number of rotatable bonds is 6. The highest BCUT2D eigenvalue weighted by atomic mass is 19.1. The van der Waals surface area contributed by atoms with Crippen molar-refractivity contribution < 1.29 is 14.2 Å². The summed E-state index contributed by atoms with van der Waals surface area (Å²) in [7, 11) is 1.98. The van der Waals surface area contributed by atoms with Crippen molar-refractivity contribution in [3.63, 3.8) is 0 Å². The summed E-state index contributed by atoms with van der Waals surface area (Å²) < 4.78 is 20.7. The first-order chi connectivity index (χ1) is 15.4. The number of hydrogen-bond acceptors (Lipinski definition) is 6. The minimum absolute atomic E-state index is 0.0531. The van der Waals surface area contributed by atoms with E-state index in [-0.39, 0.29) is 30.0 Å². The summed E-state index contributed by atoms with van der Waals surface area (Å²) in [6.07, 6.45) is 3.94. The fraction of sp³-hybridized carbons (Fsp3) is 0.583. The molecule has 8 heteroatoms. The molecule has 0 atom stereocenters. The minimum Gasteiger partial charge on any atom is -0.491 e. The summed E-state index contributed by atoms with van der Waals surface area (Å²) in [4.78, 5) is 24.5. The number of piperidine rings is 1. The smallest absolute Gasteiger partial charge is 0.257 e. The predicted octanol–water partition coefficient (Wildman–Crippen LogP) is 2.78. The van der Waals surface area contributed by atoms with E-state index < -0.39 is 0 Å². The van der Waals surface area contributed by atoms with Gasteiger partial charge in [0.05, 0.1) is 12.2 Å². The Kier molecular flexibility index (Phi) is 6.42. The van der Waals surface area contributed by atoms with Crippen LogP contribution < -0.4 is 20.1 Å². The first-order valence-electron chi connectivity index (χ1n) is 11.5. The number of benzene rings is 1. The zero-order valence-corrected chi connectivity index (χ0v) is 19.2. The zero-order valence-electron chi connectivity index (χ0n) is 19.2. The van der Waals surface area contributed by atoms with Gasteiger partial charge in [-0.2, -0.15) is 4.98 Å². The van der Waals surface area contributed by atoms with Crippen LogP contribution in [0.5, 0.6) is 5.75 Å². The molecule has 2 aliphatic rings. The Bertz CT molecular complexity index is 1030. The van der Waals surface area contributed by atoms with E-state index in [1.807, 2.05) is 20.0 Å². The number of aliphatic hydroxyl groups is 1. The van der Waals surface area contributed by atoms with E-state index >= 15 is 4.39 Å². The SMILES string of the molecule is CCc1cc(OCCO)cc(F)c1C1(C)CCN(c2nc3c(c(=O)[nH]2)CCCN3C)CC1. The third-order valence-electron chi connectivity index (χ3n) is 6.92. The number of aryl methyl sites for hydroxylation is 1. The van der Waals surface area contributed by atoms with Crippen molar-refractivity contribution >= 4 is 11.8 Å². The largest absolute Gasteiger partial charge is 0.491 e. The third kappa shape index (κ3) is 4.20. The first-order valence-corrected chi connectivity index (χ1v) is 11.5. The monoisotopic (exact) mass is 444 g/mol. The number of aromatic amines is 1. The normalized spacial score (nSPS) is 17.9. The molecular formula is C24H33FN4O3. The molecule has 1 saturated heterocycles. The first kappa shape index (κ1) is 22.6. The fourth-order valence-corrected chi connectivity index (χ4v) is 5.06. The van der Waals surface area contributed by atoms with Gasteiger partial charge in [0.15, 0.2) is 0 Å². The lowest BCUT2D eigenvalue weighted by molar-refractivity contribution is 0.200. The highest BCUT2D eigenvalue weighted by molar-refractivity contribution is 5.52. The van der Waals surface area contributed by atoms with Gasteiger partial charge < -0.3 is 19.6 Å². The average Bonchev–Trinajstić information content (AvgIpc) is 2.78. The van der Waals surface area contributed by atoms with Crippen molar-refractivity contribution in [2.24, 2.45) is 0 Å². The molecule has 3 heterocycles. The topological polar surface area (TPSA) is 81.7 Å². The summed E-state index contributed by atoms with van der Waals surface area (Å²) in [5, 5.41) is 8.99. The van der Waals surface area contributed by atoms with Crippen LogP contribution in [0.3, 0.4) is 0 Å². The molecule has 0 spiro atoms. The second-order valence-corrected chi connectivity index (χ2v) is 9.13. The molecule has 1 fully saturated rings. The lowest BCUT2D eigenvalue weighted by Crippen LogP contribution is -2.43. The van der Waals surface area contributed by atoms with Gasteiger partial charge in [-0.3, -0.25) is 9.78 Å². The van der Waals surface area contributed by atoms with Gasteiger partial charge in [-0.05, 0) is 54.7 Å². The van der Waals surface area contributed by atoms with Crippen molar-refractivity contribution in [2.75, 3.05) is 49.7 Å². The van der Waals surface area contributed by atoms with Gasteiger partial charge in [0.1, 0.15) is 24.0 Å². The number of nitrogens with one attached hydrogen (secondary N) is 1. The summed E-state index contributed by atoms with van der Waals surface area (Å²) in [6, 6.07) is 3.32. The van der Waals surface area contributed by atoms with Crippen LogP contribution in [-0.4, -0.2) is 55.0 Å².